The standard InChI is InChI=1S/3C23H17N2.C10H15F7O2.C9H20O2.C8H15F3O2.3Ir/c3*1-17-12-14-18(15-13-17)21-16-24-22(19-8-4-2-5-9-19)23(25-21)20-10-6-3-7-11-20;1-7(2,3)5(18)4-6(19)8(11,12)9(13,14)10(15,16)17;1-6(2)8(10)5-9(11)7(3)4;1-7(2,3)5(12)4-6(13)8(9,10)11;;;/h3*2-8,10-16H,1H3;5-6,18-19H,4H2,1-3H3;6-11H,5H2,1-4H3;5-6,12-13H,4H2,1-3H3;;;/q3*-1;;;;;;. The summed E-state index contributed by atoms with van der Waals surface area (Å²) in [6.45, 7) is 23.0. The Balaban J connectivity index is 0.000000311. The van der Waals surface area contributed by atoms with E-state index in [1.807, 2.05) is 174 Å². The number of hydrogen-bond acceptors (Lipinski definition) is 12. The molecule has 0 saturated heterocycles. The van der Waals surface area contributed by atoms with Crippen LogP contribution in [0.4, 0.5) is 43.9 Å². The average molecular weight is 2200 g/mol. The molecule has 0 fully saturated rings. The van der Waals surface area contributed by atoms with E-state index in [9.17, 15) is 64.3 Å². The van der Waals surface area contributed by atoms with E-state index >= 15 is 0 Å². The van der Waals surface area contributed by atoms with Crippen molar-refractivity contribution in [3.05, 3.63) is 290 Å². The van der Waals surface area contributed by atoms with E-state index in [-0.39, 0.29) is 84.4 Å². The molecule has 0 amide bonds. The SMILES string of the molecule is CC(C)(C)C(O)CC(O)C(F)(F)C(F)(F)C(F)(F)F.CC(C)(C)C(O)CC(O)C(F)(F)F.CC(C)C(O)CC(O)C(C)C.Cc1ccc(-c2cnc(-c3[c-]cccc3)c(-c3ccccc3)n2)cc1.Cc1ccc(-c2cnc(-c3[c-]cccc3)c(-c3ccccc3)n2)cc1.Cc1ccc(-c2cnc(-c3[c-]cccc3)c(-c3ccccc3)n2)cc1.[Ir].[Ir].[Ir]. The monoisotopic (exact) mass is 2200 g/mol. The van der Waals surface area contributed by atoms with Crippen molar-refractivity contribution >= 4 is 0 Å². The number of nitrogens with zero attached hydrogens (tertiary/aromatic N) is 6. The predicted octanol–water partition coefficient (Wildman–Crippen LogP) is 22.8. The molecule has 0 spiro atoms. The van der Waals surface area contributed by atoms with Gasteiger partial charge >= 0.3 is 24.2 Å². The molecule has 0 aliphatic heterocycles. The van der Waals surface area contributed by atoms with Crippen molar-refractivity contribution in [2.45, 2.75) is 170 Å². The zero-order chi connectivity index (χ0) is 86.9. The number of halogens is 10. The van der Waals surface area contributed by atoms with Gasteiger partial charge in [-0.15, -0.1) is 108 Å². The van der Waals surface area contributed by atoms with Gasteiger partial charge in [0.05, 0.1) is 58.6 Å². The van der Waals surface area contributed by atoms with Crippen LogP contribution in [-0.4, -0.2) is 121 Å². The van der Waals surface area contributed by atoms with Crippen LogP contribution >= 0.6 is 0 Å². The summed E-state index contributed by atoms with van der Waals surface area (Å²) in [4.78, 5) is 29.0. The topological polar surface area (TPSA) is 199 Å². The third kappa shape index (κ3) is 31.2. The molecular weight excluding hydrogens is 2100 g/mol. The predicted molar refractivity (Wildman–Crippen MR) is 446 cm³/mol. The van der Waals surface area contributed by atoms with Crippen molar-refractivity contribution in [1.29, 1.82) is 0 Å². The van der Waals surface area contributed by atoms with Gasteiger partial charge in [-0.05, 0) is 66.5 Å². The van der Waals surface area contributed by atoms with Crippen molar-refractivity contribution in [3.63, 3.8) is 0 Å². The molecular formula is C96H101F10Ir3N6O6-3. The Morgan fingerprint density at radius 3 is 0.785 bits per heavy atom. The van der Waals surface area contributed by atoms with Crippen molar-refractivity contribution in [3.8, 4) is 101 Å². The first-order valence-electron chi connectivity index (χ1n) is 38.4. The van der Waals surface area contributed by atoms with Crippen LogP contribution < -0.4 is 0 Å². The Hall–Kier alpha value is -8.77. The molecule has 6 atom stereocenters. The first-order valence-corrected chi connectivity index (χ1v) is 38.4. The minimum atomic E-state index is -6.50. The molecule has 9 aromatic carbocycles. The van der Waals surface area contributed by atoms with Crippen LogP contribution in [0.2, 0.25) is 0 Å². The van der Waals surface area contributed by atoms with E-state index in [0.29, 0.717) is 6.42 Å². The molecule has 121 heavy (non-hydrogen) atoms. The Morgan fingerprint density at radius 1 is 0.306 bits per heavy atom. The van der Waals surface area contributed by atoms with E-state index in [4.69, 9.17) is 40.1 Å². The van der Waals surface area contributed by atoms with Gasteiger partial charge < -0.3 is 45.6 Å². The summed E-state index contributed by atoms with van der Waals surface area (Å²) in [5.41, 5.74) is 19.0. The molecule has 12 aromatic rings. The summed E-state index contributed by atoms with van der Waals surface area (Å²) in [6.07, 6.45) is -16.4. The van der Waals surface area contributed by atoms with Gasteiger partial charge in [0.1, 0.15) is 6.10 Å². The maximum absolute atomic E-state index is 13.0. The summed E-state index contributed by atoms with van der Waals surface area (Å²) in [5, 5.41) is 55.0. The fraction of sp³-hybridized carbons (Fsp3) is 0.312. The van der Waals surface area contributed by atoms with E-state index < -0.39 is 72.3 Å². The second-order valence-electron chi connectivity index (χ2n) is 31.2. The zero-order valence-electron chi connectivity index (χ0n) is 69.1. The molecule has 3 radical (unpaired) electrons. The van der Waals surface area contributed by atoms with E-state index in [2.05, 4.69) is 148 Å². The van der Waals surface area contributed by atoms with Crippen molar-refractivity contribution in [2.24, 2.45) is 22.7 Å². The molecule has 0 bridgehead atoms. The van der Waals surface area contributed by atoms with Crippen LogP contribution in [0.3, 0.4) is 0 Å². The number of aliphatic hydroxyl groups is 6. The van der Waals surface area contributed by atoms with Crippen LogP contribution in [0.25, 0.3) is 101 Å². The maximum atomic E-state index is 13.0. The van der Waals surface area contributed by atoms with Gasteiger partial charge in [0.2, 0.25) is 0 Å². The number of hydrogen-bond donors (Lipinski definition) is 6. The summed E-state index contributed by atoms with van der Waals surface area (Å²) in [5.74, 6) is -11.6. The molecule has 651 valence electrons. The van der Waals surface area contributed by atoms with Gasteiger partial charge in [-0.1, -0.05) is 250 Å². The van der Waals surface area contributed by atoms with Crippen molar-refractivity contribution in [1.82, 2.24) is 29.9 Å². The van der Waals surface area contributed by atoms with Crippen molar-refractivity contribution in [2.75, 3.05) is 0 Å². The van der Waals surface area contributed by atoms with Gasteiger partial charge in [-0.2, -0.15) is 43.9 Å². The molecule has 12 rings (SSSR count). The Kier molecular flexibility index (Phi) is 41.3. The number of benzene rings is 9. The number of aromatic nitrogens is 6. The number of rotatable bonds is 19. The van der Waals surface area contributed by atoms with Gasteiger partial charge in [0, 0.05) is 126 Å². The van der Waals surface area contributed by atoms with Crippen LogP contribution in [0, 0.1) is 61.6 Å². The van der Waals surface area contributed by atoms with E-state index in [1.165, 1.54) is 37.5 Å². The fourth-order valence-electron chi connectivity index (χ4n) is 11.0. The Labute approximate surface area is 743 Å². The first-order chi connectivity index (χ1) is 55.5. The minimum Gasteiger partial charge on any atom is -0.393 e. The molecule has 25 heteroatoms. The van der Waals surface area contributed by atoms with Gasteiger partial charge in [-0.25, -0.2) is 0 Å². The summed E-state index contributed by atoms with van der Waals surface area (Å²) in [6, 6.07) is 89.0. The van der Waals surface area contributed by atoms with Gasteiger partial charge in [0.15, 0.2) is 6.10 Å². The Bertz CT molecular complexity index is 4560. The van der Waals surface area contributed by atoms with Crippen LogP contribution in [-0.2, 0) is 60.3 Å². The molecule has 0 saturated carbocycles. The molecule has 6 N–H and O–H groups in total. The molecule has 6 unspecified atom stereocenters. The molecule has 0 aliphatic carbocycles. The quantitative estimate of drug-likeness (QED) is 0.0331. The van der Waals surface area contributed by atoms with Crippen LogP contribution in [0.5, 0.6) is 0 Å². The van der Waals surface area contributed by atoms with Gasteiger partial charge in [-0.3, -0.25) is 15.0 Å². The Morgan fingerprint density at radius 2 is 0.562 bits per heavy atom. The van der Waals surface area contributed by atoms with E-state index in [0.717, 1.165) is 101 Å². The average Bonchev–Trinajstić information content (AvgIpc) is 0.761. The minimum absolute atomic E-state index is 0. The largest absolute Gasteiger partial charge is 0.459 e. The van der Waals surface area contributed by atoms with Crippen molar-refractivity contribution < 1.29 is 135 Å². The molecule has 12 nitrogen and oxygen atoms in total. The normalized spacial score (nSPS) is 13.0. The fourth-order valence-corrected chi connectivity index (χ4v) is 11.0. The third-order valence-electron chi connectivity index (χ3n) is 18.9. The second kappa shape index (κ2) is 47.8. The van der Waals surface area contributed by atoms with E-state index in [1.54, 1.807) is 20.8 Å². The van der Waals surface area contributed by atoms with Gasteiger partial charge in [0.25, 0.3) is 0 Å². The second-order valence-corrected chi connectivity index (χ2v) is 31.2. The van der Waals surface area contributed by atoms with Crippen LogP contribution in [0.1, 0.15) is 105 Å². The number of alkyl halides is 10. The number of aryl methyl sites for hydroxylation is 3. The maximum Gasteiger partial charge on any atom is 0.459 e. The van der Waals surface area contributed by atoms with Crippen LogP contribution in [0.15, 0.2) is 255 Å². The molecule has 0 aliphatic rings. The summed E-state index contributed by atoms with van der Waals surface area (Å²) in [7, 11) is 0. The third-order valence-corrected chi connectivity index (χ3v) is 18.9. The smallest absolute Gasteiger partial charge is 0.393 e. The molecule has 3 heterocycles. The number of aliphatic hydroxyl groups excluding tert-OH is 6. The summed E-state index contributed by atoms with van der Waals surface area (Å²) >= 11 is 0. The zero-order valence-corrected chi connectivity index (χ0v) is 76.3. The first kappa shape index (κ1) is 105. The summed E-state index contributed by atoms with van der Waals surface area (Å²) < 4.78 is 122. The molecule has 3 aromatic heterocycles.